The monoisotopic (exact) mass is 271 g/mol. The van der Waals surface area contributed by atoms with Crippen molar-refractivity contribution in [2.75, 3.05) is 11.9 Å². The van der Waals surface area contributed by atoms with Crippen LogP contribution >= 0.6 is 11.6 Å². The highest BCUT2D eigenvalue weighted by molar-refractivity contribution is 6.32. The summed E-state index contributed by atoms with van der Waals surface area (Å²) in [5.41, 5.74) is 0.172. The molecule has 5 nitrogen and oxygen atoms in total. The number of aryl methyl sites for hydroxylation is 1. The van der Waals surface area contributed by atoms with Crippen LogP contribution in [-0.4, -0.2) is 28.0 Å². The van der Waals surface area contributed by atoms with Crippen LogP contribution in [0.1, 0.15) is 26.7 Å². The van der Waals surface area contributed by atoms with Crippen LogP contribution in [0.15, 0.2) is 11.0 Å². The average Bonchev–Trinajstić information content (AvgIpc) is 2.29. The molecule has 1 atom stereocenters. The predicted molar refractivity (Wildman–Crippen MR) is 71.2 cm³/mol. The highest BCUT2D eigenvalue weighted by atomic mass is 35.5. The smallest absolute Gasteiger partial charge is 0.287 e. The van der Waals surface area contributed by atoms with Gasteiger partial charge in [-0.05, 0) is 26.7 Å². The first-order chi connectivity index (χ1) is 8.39. The molecule has 1 aromatic rings. The molecule has 1 fully saturated rings. The maximum Gasteiger partial charge on any atom is 0.287 e. The van der Waals surface area contributed by atoms with Crippen LogP contribution < -0.4 is 10.9 Å². The van der Waals surface area contributed by atoms with Crippen molar-refractivity contribution >= 4 is 17.3 Å². The van der Waals surface area contributed by atoms with E-state index in [4.69, 9.17) is 16.3 Å². The van der Waals surface area contributed by atoms with Gasteiger partial charge in [0.25, 0.3) is 5.56 Å². The summed E-state index contributed by atoms with van der Waals surface area (Å²) in [5, 5.41) is 7.44. The summed E-state index contributed by atoms with van der Waals surface area (Å²) < 4.78 is 6.88. The molecule has 0 bridgehead atoms. The second-order valence-corrected chi connectivity index (χ2v) is 5.62. The third-order valence-corrected chi connectivity index (χ3v) is 3.50. The van der Waals surface area contributed by atoms with E-state index >= 15 is 0 Å². The first-order valence-corrected chi connectivity index (χ1v) is 6.39. The lowest BCUT2D eigenvalue weighted by Crippen LogP contribution is -2.40. The number of ether oxygens (including phenoxy) is 1. The molecule has 18 heavy (non-hydrogen) atoms. The molecule has 2 rings (SSSR count). The summed E-state index contributed by atoms with van der Waals surface area (Å²) in [6, 6.07) is 0.250. The minimum absolute atomic E-state index is 0.143. The normalized spacial score (nSPS) is 22.8. The molecule has 1 aliphatic rings. The van der Waals surface area contributed by atoms with Gasteiger partial charge in [-0.1, -0.05) is 11.6 Å². The summed E-state index contributed by atoms with van der Waals surface area (Å²) in [6.07, 6.45) is 3.36. The number of rotatable bonds is 2. The molecule has 1 unspecified atom stereocenters. The van der Waals surface area contributed by atoms with Crippen LogP contribution in [0.3, 0.4) is 0 Å². The molecular weight excluding hydrogens is 254 g/mol. The molecule has 1 aromatic heterocycles. The number of aromatic nitrogens is 2. The second kappa shape index (κ2) is 4.90. The predicted octanol–water partition coefficient (Wildman–Crippen LogP) is 1.80. The number of nitrogens with one attached hydrogen (secondary N) is 1. The molecule has 0 amide bonds. The van der Waals surface area contributed by atoms with E-state index < -0.39 is 0 Å². The number of halogens is 1. The quantitative estimate of drug-likeness (QED) is 0.891. The Labute approximate surface area is 111 Å². The van der Waals surface area contributed by atoms with Crippen LogP contribution in [0, 0.1) is 0 Å². The molecule has 100 valence electrons. The summed E-state index contributed by atoms with van der Waals surface area (Å²) in [6.45, 7) is 4.83. The van der Waals surface area contributed by atoms with Crippen LogP contribution in [0.4, 0.5) is 5.69 Å². The van der Waals surface area contributed by atoms with E-state index in [1.54, 1.807) is 13.2 Å². The van der Waals surface area contributed by atoms with E-state index in [1.165, 1.54) is 4.68 Å². The first kappa shape index (κ1) is 13.4. The Morgan fingerprint density at radius 1 is 1.61 bits per heavy atom. The number of hydrogen-bond acceptors (Lipinski definition) is 4. The largest absolute Gasteiger partial charge is 0.379 e. The van der Waals surface area contributed by atoms with Crippen LogP contribution in [0.5, 0.6) is 0 Å². The fourth-order valence-electron chi connectivity index (χ4n) is 2.19. The van der Waals surface area contributed by atoms with Gasteiger partial charge in [0, 0.05) is 19.7 Å². The van der Waals surface area contributed by atoms with Gasteiger partial charge in [0.15, 0.2) is 0 Å². The van der Waals surface area contributed by atoms with E-state index in [0.717, 1.165) is 12.8 Å². The van der Waals surface area contributed by atoms with Gasteiger partial charge in [-0.25, -0.2) is 4.68 Å². The van der Waals surface area contributed by atoms with Gasteiger partial charge in [-0.3, -0.25) is 4.79 Å². The highest BCUT2D eigenvalue weighted by Gasteiger charge is 2.29. The zero-order valence-corrected chi connectivity index (χ0v) is 11.6. The van der Waals surface area contributed by atoms with Gasteiger partial charge in [-0.15, -0.1) is 0 Å². The third-order valence-electron chi connectivity index (χ3n) is 3.13. The van der Waals surface area contributed by atoms with Crippen molar-refractivity contribution < 1.29 is 4.74 Å². The minimum Gasteiger partial charge on any atom is -0.379 e. The number of nitrogens with zero attached hydrogens (tertiary/aromatic N) is 2. The Bertz CT molecular complexity index is 499. The van der Waals surface area contributed by atoms with Crippen molar-refractivity contribution in [1.29, 1.82) is 0 Å². The fraction of sp³-hybridized carbons (Fsp3) is 0.667. The van der Waals surface area contributed by atoms with Crippen molar-refractivity contribution in [3.8, 4) is 0 Å². The van der Waals surface area contributed by atoms with Gasteiger partial charge >= 0.3 is 0 Å². The topological polar surface area (TPSA) is 56.1 Å². The Hall–Kier alpha value is -1.07. The molecular formula is C12H18ClN3O2. The van der Waals surface area contributed by atoms with E-state index in [-0.39, 0.29) is 22.2 Å². The minimum atomic E-state index is -0.284. The second-order valence-electron chi connectivity index (χ2n) is 5.24. The average molecular weight is 272 g/mol. The molecule has 0 radical (unpaired) electrons. The number of anilines is 1. The lowest BCUT2D eigenvalue weighted by Gasteiger charge is -2.36. The molecule has 0 spiro atoms. The Morgan fingerprint density at radius 2 is 2.33 bits per heavy atom. The van der Waals surface area contributed by atoms with Crippen molar-refractivity contribution in [2.45, 2.75) is 38.3 Å². The van der Waals surface area contributed by atoms with E-state index in [2.05, 4.69) is 24.3 Å². The van der Waals surface area contributed by atoms with Gasteiger partial charge < -0.3 is 10.1 Å². The van der Waals surface area contributed by atoms with Crippen molar-refractivity contribution in [1.82, 2.24) is 9.78 Å². The first-order valence-electron chi connectivity index (χ1n) is 6.01. The molecule has 6 heteroatoms. The van der Waals surface area contributed by atoms with Gasteiger partial charge in [-0.2, -0.15) is 5.10 Å². The van der Waals surface area contributed by atoms with E-state index in [0.29, 0.717) is 12.3 Å². The lowest BCUT2D eigenvalue weighted by molar-refractivity contribution is -0.0553. The van der Waals surface area contributed by atoms with E-state index in [1.807, 2.05) is 0 Å². The SMILES string of the molecule is Cn1ncc(NC2CCOC(C)(C)C2)c(Cl)c1=O. The Kier molecular flexibility index (Phi) is 3.64. The summed E-state index contributed by atoms with van der Waals surface area (Å²) in [7, 11) is 1.58. The summed E-state index contributed by atoms with van der Waals surface area (Å²) in [5.74, 6) is 0. The molecule has 1 aliphatic heterocycles. The van der Waals surface area contributed by atoms with Gasteiger partial charge in [0.05, 0.1) is 17.5 Å². The fourth-order valence-corrected chi connectivity index (χ4v) is 2.41. The van der Waals surface area contributed by atoms with Crippen molar-refractivity contribution in [2.24, 2.45) is 7.05 Å². The van der Waals surface area contributed by atoms with Gasteiger partial charge in [0.2, 0.25) is 0 Å². The maximum atomic E-state index is 11.7. The summed E-state index contributed by atoms with van der Waals surface area (Å²) >= 11 is 6.02. The molecule has 1 N–H and O–H groups in total. The lowest BCUT2D eigenvalue weighted by atomic mass is 9.94. The van der Waals surface area contributed by atoms with Crippen LogP contribution in [-0.2, 0) is 11.8 Å². The van der Waals surface area contributed by atoms with E-state index in [9.17, 15) is 4.79 Å². The Balaban J connectivity index is 2.15. The Morgan fingerprint density at radius 3 is 3.00 bits per heavy atom. The molecule has 1 saturated heterocycles. The van der Waals surface area contributed by atoms with Crippen molar-refractivity contribution in [3.63, 3.8) is 0 Å². The zero-order valence-electron chi connectivity index (χ0n) is 10.9. The van der Waals surface area contributed by atoms with Crippen LogP contribution in [0.2, 0.25) is 5.02 Å². The number of hydrogen-bond donors (Lipinski definition) is 1. The van der Waals surface area contributed by atoms with Gasteiger partial charge in [0.1, 0.15) is 5.02 Å². The molecule has 0 aliphatic carbocycles. The zero-order chi connectivity index (χ0) is 13.3. The molecule has 0 aromatic carbocycles. The third kappa shape index (κ3) is 2.84. The van der Waals surface area contributed by atoms with Crippen molar-refractivity contribution in [3.05, 3.63) is 21.6 Å². The maximum absolute atomic E-state index is 11.7. The standard InChI is InChI=1S/C12H18ClN3O2/c1-12(2)6-8(4-5-18-12)15-9-7-14-16(3)11(17)10(9)13/h7-8,15H,4-6H2,1-3H3. The molecule has 2 heterocycles. The van der Waals surface area contributed by atoms with Crippen LogP contribution in [0.25, 0.3) is 0 Å². The molecule has 0 saturated carbocycles. The highest BCUT2D eigenvalue weighted by Crippen LogP contribution is 2.27. The summed E-state index contributed by atoms with van der Waals surface area (Å²) in [4.78, 5) is 11.7.